The molecule has 0 nitrogen and oxygen atoms in total. The molecule has 0 saturated heterocycles. The van der Waals surface area contributed by atoms with Crippen LogP contribution in [0.1, 0.15) is 0 Å². The van der Waals surface area contributed by atoms with Gasteiger partial charge in [-0.1, -0.05) is 0 Å². The molecule has 0 aromatic rings. The molecule has 0 rings (SSSR count). The van der Waals surface area contributed by atoms with Crippen molar-refractivity contribution in [3.05, 3.63) is 0 Å². The Labute approximate surface area is 60.4 Å². The van der Waals surface area contributed by atoms with Crippen LogP contribution in [0.3, 0.4) is 0 Å². The summed E-state index contributed by atoms with van der Waals surface area (Å²) in [6.07, 6.45) is 0. The van der Waals surface area contributed by atoms with Gasteiger partial charge in [0.15, 0.2) is 0 Å². The summed E-state index contributed by atoms with van der Waals surface area (Å²) >= 11 is 17.6. The molecule has 0 saturated carbocycles. The predicted molar refractivity (Wildman–Crippen MR) is 30.9 cm³/mol. The number of hydrogen-bond acceptors (Lipinski definition) is 0. The maximum atomic E-state index is 5.25. The fraction of sp³-hybridized carbons (Fsp3) is 1.00. The van der Waals surface area contributed by atoms with Crippen molar-refractivity contribution in [1.29, 1.82) is 0 Å². The molecule has 3 radical (unpaired) electrons. The summed E-state index contributed by atoms with van der Waals surface area (Å²) < 4.78 is -1.04. The summed E-state index contributed by atoms with van der Waals surface area (Å²) in [4.78, 5) is 0. The molecular formula is C2H2Cl3Ge. The Morgan fingerprint density at radius 2 is 1.50 bits per heavy atom. The van der Waals surface area contributed by atoms with E-state index in [0.29, 0.717) is 5.25 Å². The third-order valence-electron chi connectivity index (χ3n) is 0.200. The molecule has 0 N–H and O–H groups in total. The predicted octanol–water partition coefficient (Wildman–Crippen LogP) is 1.94. The van der Waals surface area contributed by atoms with E-state index in [0.717, 1.165) is 0 Å². The Balaban J connectivity index is 3.17. The van der Waals surface area contributed by atoms with Gasteiger partial charge in [-0.15, -0.1) is 0 Å². The van der Waals surface area contributed by atoms with Gasteiger partial charge in [-0.3, -0.25) is 0 Å². The van der Waals surface area contributed by atoms with Crippen LogP contribution in [0.5, 0.6) is 0 Å². The van der Waals surface area contributed by atoms with Gasteiger partial charge in [-0.05, 0) is 0 Å². The minimum absolute atomic E-state index is 0.567. The first-order valence-corrected chi connectivity index (χ1v) is 3.89. The average molecular weight is 205 g/mol. The standard InChI is InChI=1S/C2H2Cl3Ge/c3-2(4,5)1-6/h1H2. The van der Waals surface area contributed by atoms with E-state index in [9.17, 15) is 0 Å². The van der Waals surface area contributed by atoms with Crippen molar-refractivity contribution in [2.45, 2.75) is 9.05 Å². The third-order valence-corrected chi connectivity index (χ3v) is 3.12. The molecule has 6 heavy (non-hydrogen) atoms. The van der Waals surface area contributed by atoms with E-state index in [1.807, 2.05) is 16.5 Å². The van der Waals surface area contributed by atoms with Gasteiger partial charge in [-0.25, -0.2) is 0 Å². The molecule has 0 atom stereocenters. The Bertz CT molecular complexity index is 38.5. The zero-order valence-electron chi connectivity index (χ0n) is 2.84. The number of rotatable bonds is 0. The Morgan fingerprint density at radius 1 is 1.33 bits per heavy atom. The van der Waals surface area contributed by atoms with Gasteiger partial charge in [0.2, 0.25) is 0 Å². The van der Waals surface area contributed by atoms with Crippen LogP contribution in [0.4, 0.5) is 0 Å². The zero-order valence-corrected chi connectivity index (χ0v) is 7.21. The van der Waals surface area contributed by atoms with E-state index in [-0.39, 0.29) is 0 Å². The van der Waals surface area contributed by atoms with Gasteiger partial charge in [0, 0.05) is 0 Å². The summed E-state index contributed by atoms with van der Waals surface area (Å²) in [6, 6.07) is 0. The summed E-state index contributed by atoms with van der Waals surface area (Å²) in [7, 11) is 0. The normalized spacial score (nSPS) is 12.0. The molecule has 0 spiro atoms. The van der Waals surface area contributed by atoms with Gasteiger partial charge >= 0.3 is 60.4 Å². The van der Waals surface area contributed by atoms with Crippen LogP contribution in [0, 0.1) is 0 Å². The van der Waals surface area contributed by atoms with Crippen molar-refractivity contribution in [3.8, 4) is 0 Å². The molecule has 0 heterocycles. The Hall–Kier alpha value is 1.41. The second-order valence-electron chi connectivity index (χ2n) is 0.792. The average Bonchev–Trinajstić information content (AvgIpc) is 1.35. The second-order valence-corrected chi connectivity index (χ2v) is 4.05. The van der Waals surface area contributed by atoms with Crippen molar-refractivity contribution in [2.75, 3.05) is 0 Å². The van der Waals surface area contributed by atoms with E-state index in [1.54, 1.807) is 0 Å². The van der Waals surface area contributed by atoms with Crippen molar-refractivity contribution in [1.82, 2.24) is 0 Å². The van der Waals surface area contributed by atoms with Crippen LogP contribution >= 0.6 is 34.8 Å². The Kier molecular flexibility index (Phi) is 3.28. The first kappa shape index (κ1) is 7.41. The molecule has 0 amide bonds. The first-order valence-electron chi connectivity index (χ1n) is 1.27. The van der Waals surface area contributed by atoms with Crippen LogP contribution in [0.2, 0.25) is 5.25 Å². The van der Waals surface area contributed by atoms with Gasteiger partial charge < -0.3 is 0 Å². The molecule has 35 valence electrons. The minimum atomic E-state index is -1.04. The Morgan fingerprint density at radius 3 is 1.50 bits per heavy atom. The zero-order chi connectivity index (χ0) is 5.21. The first-order chi connectivity index (χ1) is 2.56. The third kappa shape index (κ3) is 5.41. The molecule has 4 heteroatoms. The van der Waals surface area contributed by atoms with Crippen LogP contribution in [-0.4, -0.2) is 20.3 Å². The van der Waals surface area contributed by atoms with Crippen molar-refractivity contribution in [3.63, 3.8) is 0 Å². The number of alkyl halides is 3. The van der Waals surface area contributed by atoms with Gasteiger partial charge in [0.25, 0.3) is 0 Å². The molecule has 0 aliphatic carbocycles. The molecule has 0 fully saturated rings. The number of hydrogen-bond donors (Lipinski definition) is 0. The molecule has 0 aromatic heterocycles. The quantitative estimate of drug-likeness (QED) is 0.418. The SMILES string of the molecule is ClC(Cl)(Cl)[CH2][Ge]. The van der Waals surface area contributed by atoms with E-state index in [1.165, 1.54) is 0 Å². The second kappa shape index (κ2) is 2.65. The van der Waals surface area contributed by atoms with Crippen LogP contribution in [0.25, 0.3) is 0 Å². The van der Waals surface area contributed by atoms with Gasteiger partial charge in [0.1, 0.15) is 0 Å². The van der Waals surface area contributed by atoms with Crippen LogP contribution in [-0.2, 0) is 0 Å². The molecule has 0 aliphatic rings. The molecule has 0 aliphatic heterocycles. The summed E-state index contributed by atoms with van der Waals surface area (Å²) in [5.74, 6) is 0. The van der Waals surface area contributed by atoms with E-state index in [4.69, 9.17) is 34.8 Å². The van der Waals surface area contributed by atoms with E-state index >= 15 is 0 Å². The van der Waals surface area contributed by atoms with Crippen molar-refractivity contribution < 1.29 is 0 Å². The van der Waals surface area contributed by atoms with Crippen LogP contribution < -0.4 is 0 Å². The number of halogens is 3. The van der Waals surface area contributed by atoms with E-state index in [2.05, 4.69) is 0 Å². The van der Waals surface area contributed by atoms with Crippen LogP contribution in [0.15, 0.2) is 0 Å². The summed E-state index contributed by atoms with van der Waals surface area (Å²) in [5, 5.41) is 0.567. The monoisotopic (exact) mass is 205 g/mol. The summed E-state index contributed by atoms with van der Waals surface area (Å²) in [6.45, 7) is 0. The maximum absolute atomic E-state index is 5.25. The van der Waals surface area contributed by atoms with E-state index < -0.39 is 3.79 Å². The van der Waals surface area contributed by atoms with Gasteiger partial charge in [0.05, 0.1) is 0 Å². The molecule has 0 bridgehead atoms. The van der Waals surface area contributed by atoms with Gasteiger partial charge in [-0.2, -0.15) is 0 Å². The molecule has 0 unspecified atom stereocenters. The fourth-order valence-electron chi connectivity index (χ4n) is 0. The fourth-order valence-corrected chi connectivity index (χ4v) is 0. The topological polar surface area (TPSA) is 0 Å². The molecule has 0 aromatic carbocycles. The van der Waals surface area contributed by atoms with Crippen molar-refractivity contribution in [2.24, 2.45) is 0 Å². The van der Waals surface area contributed by atoms with Crippen molar-refractivity contribution >= 4 is 51.3 Å². The summed E-state index contributed by atoms with van der Waals surface area (Å²) in [5.41, 5.74) is 0. The molecular weight excluding hydrogens is 203 g/mol.